The van der Waals surface area contributed by atoms with Crippen molar-refractivity contribution in [1.82, 2.24) is 14.4 Å². The van der Waals surface area contributed by atoms with Crippen LogP contribution in [0.1, 0.15) is 16.8 Å². The molecule has 0 amide bonds. The summed E-state index contributed by atoms with van der Waals surface area (Å²) in [5, 5.41) is -0.431. The molecule has 28 heavy (non-hydrogen) atoms. The van der Waals surface area contributed by atoms with Gasteiger partial charge in [-0.05, 0) is 25.1 Å². The quantitative estimate of drug-likeness (QED) is 0.376. The number of rotatable bonds is 1. The van der Waals surface area contributed by atoms with Crippen molar-refractivity contribution in [3.8, 4) is 11.3 Å². The van der Waals surface area contributed by atoms with Crippen LogP contribution in [0.25, 0.3) is 27.9 Å². The number of pyridine rings is 2. The number of aryl methyl sites for hydroxylation is 1. The van der Waals surface area contributed by atoms with E-state index in [0.29, 0.717) is 11.3 Å². The Labute approximate surface area is 154 Å². The monoisotopic (exact) mass is 395 g/mol. The molecule has 0 N–H and O–H groups in total. The lowest BCUT2D eigenvalue weighted by atomic mass is 10.1. The van der Waals surface area contributed by atoms with Crippen molar-refractivity contribution in [3.05, 3.63) is 65.5 Å². The fourth-order valence-electron chi connectivity index (χ4n) is 3.05. The Morgan fingerprint density at radius 3 is 2.14 bits per heavy atom. The van der Waals surface area contributed by atoms with Crippen molar-refractivity contribution in [2.45, 2.75) is 19.3 Å². The minimum atomic E-state index is -5.03. The van der Waals surface area contributed by atoms with Gasteiger partial charge in [-0.3, -0.25) is 4.40 Å². The summed E-state index contributed by atoms with van der Waals surface area (Å²) in [6, 6.07) is 9.46. The zero-order valence-electron chi connectivity index (χ0n) is 14.2. The Morgan fingerprint density at radius 2 is 1.54 bits per heavy atom. The van der Waals surface area contributed by atoms with E-state index in [2.05, 4.69) is 9.97 Å². The average Bonchev–Trinajstić information content (AvgIpc) is 3.04. The molecule has 0 aliphatic heterocycles. The van der Waals surface area contributed by atoms with E-state index in [9.17, 15) is 26.3 Å². The standard InChI is InChI=1S/C19H11F6N3/c1-10-2-4-11(5-3-10)14-9-26-16-7-6-12-13(18(20,21)22)8-15(19(23,24)25)27-17(12)28(14)16/h2-9H,1H3. The van der Waals surface area contributed by atoms with E-state index >= 15 is 0 Å². The topological polar surface area (TPSA) is 30.2 Å². The minimum absolute atomic E-state index is 0.0383. The molecule has 0 aliphatic carbocycles. The molecule has 4 aromatic rings. The second-order valence-corrected chi connectivity index (χ2v) is 6.32. The third kappa shape index (κ3) is 2.96. The molecule has 144 valence electrons. The van der Waals surface area contributed by atoms with Crippen LogP contribution >= 0.6 is 0 Å². The van der Waals surface area contributed by atoms with Gasteiger partial charge in [0.1, 0.15) is 17.0 Å². The van der Waals surface area contributed by atoms with Crippen molar-refractivity contribution in [1.29, 1.82) is 0 Å². The molecule has 4 rings (SSSR count). The van der Waals surface area contributed by atoms with Gasteiger partial charge in [0.2, 0.25) is 0 Å². The largest absolute Gasteiger partial charge is 0.433 e. The van der Waals surface area contributed by atoms with E-state index in [4.69, 9.17) is 0 Å². The van der Waals surface area contributed by atoms with Crippen molar-refractivity contribution in [3.63, 3.8) is 0 Å². The minimum Gasteiger partial charge on any atom is -0.276 e. The Bertz CT molecular complexity index is 1190. The summed E-state index contributed by atoms with van der Waals surface area (Å²) in [7, 11) is 0. The van der Waals surface area contributed by atoms with Crippen LogP contribution in [0.4, 0.5) is 26.3 Å². The van der Waals surface area contributed by atoms with Gasteiger partial charge >= 0.3 is 12.4 Å². The molecule has 0 radical (unpaired) electrons. The lowest BCUT2D eigenvalue weighted by Gasteiger charge is -2.15. The van der Waals surface area contributed by atoms with Crippen molar-refractivity contribution in [2.24, 2.45) is 0 Å². The van der Waals surface area contributed by atoms with E-state index in [-0.39, 0.29) is 11.7 Å². The van der Waals surface area contributed by atoms with E-state index in [1.54, 1.807) is 24.3 Å². The molecular formula is C19H11F6N3. The molecule has 3 nitrogen and oxygen atoms in total. The molecule has 0 saturated heterocycles. The Kier molecular flexibility index (Phi) is 3.88. The number of nitrogens with zero attached hydrogens (tertiary/aromatic N) is 3. The number of fused-ring (bicyclic) bond motifs is 3. The second-order valence-electron chi connectivity index (χ2n) is 6.32. The molecule has 3 aromatic heterocycles. The maximum Gasteiger partial charge on any atom is 0.433 e. The summed E-state index contributed by atoms with van der Waals surface area (Å²) in [6.45, 7) is 1.86. The third-order valence-electron chi connectivity index (χ3n) is 4.38. The Morgan fingerprint density at radius 1 is 0.857 bits per heavy atom. The van der Waals surface area contributed by atoms with Gasteiger partial charge in [0.05, 0.1) is 17.5 Å². The first-order valence-corrected chi connectivity index (χ1v) is 8.08. The lowest BCUT2D eigenvalue weighted by Crippen LogP contribution is -2.14. The maximum absolute atomic E-state index is 13.5. The highest BCUT2D eigenvalue weighted by atomic mass is 19.4. The van der Waals surface area contributed by atoms with Gasteiger partial charge in [-0.25, -0.2) is 9.97 Å². The molecule has 0 bridgehead atoms. The smallest absolute Gasteiger partial charge is 0.276 e. The molecule has 3 heterocycles. The normalized spacial score (nSPS) is 12.8. The Balaban J connectivity index is 2.14. The maximum atomic E-state index is 13.5. The van der Waals surface area contributed by atoms with Crippen LogP contribution in [-0.2, 0) is 12.4 Å². The second kappa shape index (κ2) is 5.95. The average molecular weight is 395 g/mol. The zero-order valence-corrected chi connectivity index (χ0v) is 14.2. The molecule has 1 aromatic carbocycles. The predicted molar refractivity (Wildman–Crippen MR) is 90.7 cm³/mol. The van der Waals surface area contributed by atoms with Crippen molar-refractivity contribution in [2.75, 3.05) is 0 Å². The SMILES string of the molecule is Cc1ccc(-c2cnc3ccc4c(C(F)(F)F)cc(C(F)(F)F)nc4n23)cc1. The van der Waals surface area contributed by atoms with Gasteiger partial charge in [-0.15, -0.1) is 0 Å². The highest BCUT2D eigenvalue weighted by Crippen LogP contribution is 2.39. The highest BCUT2D eigenvalue weighted by Gasteiger charge is 2.39. The first kappa shape index (κ1) is 18.3. The third-order valence-corrected chi connectivity index (χ3v) is 4.38. The molecule has 0 spiro atoms. The summed E-state index contributed by atoms with van der Waals surface area (Å²) < 4.78 is 81.3. The summed E-state index contributed by atoms with van der Waals surface area (Å²) in [4.78, 5) is 7.63. The summed E-state index contributed by atoms with van der Waals surface area (Å²) in [5.41, 5.74) is -1.35. The number of hydrogen-bond donors (Lipinski definition) is 0. The number of hydrogen-bond acceptors (Lipinski definition) is 2. The van der Waals surface area contributed by atoms with Crippen molar-refractivity contribution < 1.29 is 26.3 Å². The van der Waals surface area contributed by atoms with E-state index in [1.807, 2.05) is 6.92 Å². The highest BCUT2D eigenvalue weighted by molar-refractivity contribution is 5.85. The molecule has 9 heteroatoms. The molecule has 0 unspecified atom stereocenters. The van der Waals surface area contributed by atoms with Gasteiger partial charge in [0.15, 0.2) is 0 Å². The first-order valence-electron chi connectivity index (χ1n) is 8.08. The fraction of sp³-hybridized carbons (Fsp3) is 0.158. The molecule has 0 aliphatic rings. The van der Waals surface area contributed by atoms with Crippen LogP contribution < -0.4 is 0 Å². The van der Waals surface area contributed by atoms with Crippen LogP contribution in [0.5, 0.6) is 0 Å². The van der Waals surface area contributed by atoms with Crippen LogP contribution in [0.3, 0.4) is 0 Å². The van der Waals surface area contributed by atoms with Crippen LogP contribution in [0.15, 0.2) is 48.7 Å². The fourth-order valence-corrected chi connectivity index (χ4v) is 3.05. The number of benzene rings is 1. The number of halogens is 6. The number of imidazole rings is 1. The lowest BCUT2D eigenvalue weighted by molar-refractivity contribution is -0.144. The van der Waals surface area contributed by atoms with Gasteiger partial charge in [0, 0.05) is 10.9 Å². The number of alkyl halides is 6. The van der Waals surface area contributed by atoms with E-state index in [0.717, 1.165) is 11.6 Å². The van der Waals surface area contributed by atoms with E-state index in [1.165, 1.54) is 16.7 Å². The van der Waals surface area contributed by atoms with Gasteiger partial charge < -0.3 is 0 Å². The van der Waals surface area contributed by atoms with Crippen LogP contribution in [-0.4, -0.2) is 14.4 Å². The predicted octanol–water partition coefficient (Wildman–Crippen LogP) is 5.90. The molecule has 0 atom stereocenters. The van der Waals surface area contributed by atoms with Crippen LogP contribution in [0, 0.1) is 6.92 Å². The number of aromatic nitrogens is 3. The summed E-state index contributed by atoms with van der Waals surface area (Å²) >= 11 is 0. The van der Waals surface area contributed by atoms with Gasteiger partial charge in [-0.1, -0.05) is 29.8 Å². The molecular weight excluding hydrogens is 384 g/mol. The molecule has 0 fully saturated rings. The van der Waals surface area contributed by atoms with Crippen LogP contribution in [0.2, 0.25) is 0 Å². The summed E-state index contributed by atoms with van der Waals surface area (Å²) in [5.74, 6) is 0. The van der Waals surface area contributed by atoms with Gasteiger partial charge in [0.25, 0.3) is 0 Å². The van der Waals surface area contributed by atoms with Crippen molar-refractivity contribution >= 4 is 16.7 Å². The first-order chi connectivity index (χ1) is 13.1. The Hall–Kier alpha value is -3.10. The molecule has 0 saturated carbocycles. The van der Waals surface area contributed by atoms with Gasteiger partial charge in [-0.2, -0.15) is 26.3 Å². The van der Waals surface area contributed by atoms with E-state index < -0.39 is 34.6 Å². The zero-order chi connectivity index (χ0) is 20.3. The summed E-state index contributed by atoms with van der Waals surface area (Å²) in [6.07, 6.45) is -8.60.